The number of amides is 1. The third kappa shape index (κ3) is 4.18. The van der Waals surface area contributed by atoms with Crippen LogP contribution < -0.4 is 5.32 Å². The second-order valence-electron chi connectivity index (χ2n) is 6.88. The zero-order valence-electron chi connectivity index (χ0n) is 16.4. The van der Waals surface area contributed by atoms with Crippen molar-refractivity contribution in [1.82, 2.24) is 19.7 Å². The fraction of sp³-hybridized carbons (Fsp3) is 0.238. The van der Waals surface area contributed by atoms with Gasteiger partial charge in [-0.25, -0.2) is 14.6 Å². The molecule has 4 aromatic rings. The molecule has 1 N–H and O–H groups in total. The zero-order chi connectivity index (χ0) is 20.4. The number of thioether (sulfide) groups is 1. The average molecular weight is 424 g/mol. The first-order valence-electron chi connectivity index (χ1n) is 9.34. The number of carbonyl (C=O) groups excluding carboxylic acids is 1. The quantitative estimate of drug-likeness (QED) is 0.338. The largest absolute Gasteiger partial charge is 0.310 e. The molecular weight excluding hydrogens is 402 g/mol. The highest BCUT2D eigenvalue weighted by molar-refractivity contribution is 8.00. The third-order valence-corrected chi connectivity index (χ3v) is 6.63. The van der Waals surface area contributed by atoms with E-state index in [0.717, 1.165) is 25.7 Å². The Morgan fingerprint density at radius 1 is 1.14 bits per heavy atom. The number of anilines is 1. The number of hydrogen-bond acceptors (Lipinski definition) is 6. The molecule has 8 heteroatoms. The van der Waals surface area contributed by atoms with E-state index >= 15 is 0 Å². The summed E-state index contributed by atoms with van der Waals surface area (Å²) in [6.07, 6.45) is 3.26. The van der Waals surface area contributed by atoms with E-state index in [-0.39, 0.29) is 17.2 Å². The minimum Gasteiger partial charge on any atom is -0.310 e. The van der Waals surface area contributed by atoms with Gasteiger partial charge in [-0.15, -0.1) is 11.3 Å². The lowest BCUT2D eigenvalue weighted by Gasteiger charge is -2.14. The molecule has 1 aromatic carbocycles. The van der Waals surface area contributed by atoms with Gasteiger partial charge in [0.05, 0.1) is 11.4 Å². The maximum Gasteiger partial charge on any atom is 0.238 e. The monoisotopic (exact) mass is 423 g/mol. The molecule has 1 amide bonds. The van der Waals surface area contributed by atoms with Gasteiger partial charge in [-0.2, -0.15) is 5.10 Å². The van der Waals surface area contributed by atoms with Crippen LogP contribution in [-0.4, -0.2) is 30.9 Å². The fourth-order valence-corrected chi connectivity index (χ4v) is 4.91. The van der Waals surface area contributed by atoms with E-state index in [0.29, 0.717) is 5.82 Å². The summed E-state index contributed by atoms with van der Waals surface area (Å²) in [5.41, 5.74) is 1.15. The standard InChI is InChI=1S/C21H21N5OS2/c1-13(2)26-18(9-10-24-26)25-19(27)14(3)28-20-16-11-17(15-7-5-4-6-8-15)29-21(16)23-12-22-20/h4-14H,1-3H3,(H,25,27)/t14-/m1/s1. The second kappa shape index (κ2) is 8.34. The molecule has 0 spiro atoms. The van der Waals surface area contributed by atoms with Crippen LogP contribution in [0, 0.1) is 0 Å². The predicted molar refractivity (Wildman–Crippen MR) is 119 cm³/mol. The lowest BCUT2D eigenvalue weighted by Crippen LogP contribution is -2.24. The van der Waals surface area contributed by atoms with E-state index in [9.17, 15) is 4.79 Å². The molecule has 0 unspecified atom stereocenters. The number of thiophene rings is 1. The van der Waals surface area contributed by atoms with E-state index in [1.165, 1.54) is 11.8 Å². The van der Waals surface area contributed by atoms with Crippen molar-refractivity contribution >= 4 is 45.0 Å². The molecule has 0 radical (unpaired) electrons. The molecule has 3 aromatic heterocycles. The van der Waals surface area contributed by atoms with Crippen molar-refractivity contribution in [2.45, 2.75) is 37.1 Å². The van der Waals surface area contributed by atoms with Crippen LogP contribution in [0.25, 0.3) is 20.7 Å². The molecule has 0 saturated carbocycles. The lowest BCUT2D eigenvalue weighted by molar-refractivity contribution is -0.115. The van der Waals surface area contributed by atoms with E-state index in [2.05, 4.69) is 38.6 Å². The van der Waals surface area contributed by atoms with Crippen molar-refractivity contribution in [3.63, 3.8) is 0 Å². The number of nitrogens with zero attached hydrogens (tertiary/aromatic N) is 4. The van der Waals surface area contributed by atoms with Gasteiger partial charge in [-0.05, 0) is 32.4 Å². The van der Waals surface area contributed by atoms with Gasteiger partial charge in [0, 0.05) is 22.4 Å². The van der Waals surface area contributed by atoms with Crippen LogP contribution in [0.2, 0.25) is 0 Å². The summed E-state index contributed by atoms with van der Waals surface area (Å²) in [5.74, 6) is 0.620. The molecule has 0 aliphatic carbocycles. The number of fused-ring (bicyclic) bond motifs is 1. The minimum atomic E-state index is -0.316. The van der Waals surface area contributed by atoms with E-state index in [1.807, 2.05) is 45.0 Å². The molecule has 29 heavy (non-hydrogen) atoms. The van der Waals surface area contributed by atoms with Gasteiger partial charge < -0.3 is 5.32 Å². The highest BCUT2D eigenvalue weighted by Gasteiger charge is 2.20. The topological polar surface area (TPSA) is 72.7 Å². The molecule has 0 aliphatic heterocycles. The summed E-state index contributed by atoms with van der Waals surface area (Å²) in [7, 11) is 0. The highest BCUT2D eigenvalue weighted by Crippen LogP contribution is 2.37. The Morgan fingerprint density at radius 2 is 1.93 bits per heavy atom. The number of carbonyl (C=O) groups is 1. The molecule has 1 atom stereocenters. The fourth-order valence-electron chi connectivity index (χ4n) is 2.95. The van der Waals surface area contributed by atoms with Crippen LogP contribution in [0.1, 0.15) is 26.8 Å². The van der Waals surface area contributed by atoms with Crippen molar-refractivity contribution in [2.24, 2.45) is 0 Å². The molecule has 148 valence electrons. The van der Waals surface area contributed by atoms with Crippen LogP contribution in [0.4, 0.5) is 5.82 Å². The molecule has 4 rings (SSSR count). The summed E-state index contributed by atoms with van der Waals surface area (Å²) in [6, 6.07) is 14.3. The maximum atomic E-state index is 12.7. The van der Waals surface area contributed by atoms with Crippen LogP contribution in [0.3, 0.4) is 0 Å². The van der Waals surface area contributed by atoms with E-state index in [4.69, 9.17) is 0 Å². The van der Waals surface area contributed by atoms with Crippen LogP contribution in [0.15, 0.2) is 60.0 Å². The van der Waals surface area contributed by atoms with Crippen molar-refractivity contribution < 1.29 is 4.79 Å². The lowest BCUT2D eigenvalue weighted by atomic mass is 10.2. The molecule has 0 bridgehead atoms. The molecular formula is C21H21N5OS2. The van der Waals surface area contributed by atoms with Gasteiger partial charge in [0.1, 0.15) is 22.0 Å². The smallest absolute Gasteiger partial charge is 0.238 e. The normalized spacial score (nSPS) is 12.4. The van der Waals surface area contributed by atoms with Gasteiger partial charge >= 0.3 is 0 Å². The summed E-state index contributed by atoms with van der Waals surface area (Å²) >= 11 is 3.07. The van der Waals surface area contributed by atoms with Crippen LogP contribution in [0.5, 0.6) is 0 Å². The summed E-state index contributed by atoms with van der Waals surface area (Å²) in [5, 5.41) is 8.71. The van der Waals surface area contributed by atoms with Gasteiger partial charge in [0.25, 0.3) is 0 Å². The van der Waals surface area contributed by atoms with Gasteiger partial charge in [0.15, 0.2) is 0 Å². The first kappa shape index (κ1) is 19.6. The average Bonchev–Trinajstić information content (AvgIpc) is 3.36. The second-order valence-corrected chi connectivity index (χ2v) is 9.24. The third-order valence-electron chi connectivity index (χ3n) is 4.42. The number of aromatic nitrogens is 4. The van der Waals surface area contributed by atoms with Gasteiger partial charge in [-0.3, -0.25) is 4.79 Å². The number of hydrogen-bond donors (Lipinski definition) is 1. The molecule has 0 saturated heterocycles. The summed E-state index contributed by atoms with van der Waals surface area (Å²) in [4.78, 5) is 23.7. The van der Waals surface area contributed by atoms with Gasteiger partial charge in [-0.1, -0.05) is 42.1 Å². The van der Waals surface area contributed by atoms with Crippen molar-refractivity contribution in [3.05, 3.63) is 55.0 Å². The first-order valence-corrected chi connectivity index (χ1v) is 11.0. The molecule has 0 aliphatic rings. The molecule has 0 fully saturated rings. The Balaban J connectivity index is 1.55. The van der Waals surface area contributed by atoms with E-state index in [1.54, 1.807) is 28.5 Å². The number of rotatable bonds is 6. The van der Waals surface area contributed by atoms with E-state index < -0.39 is 0 Å². The Hall–Kier alpha value is -2.71. The zero-order valence-corrected chi connectivity index (χ0v) is 18.0. The number of nitrogens with one attached hydrogen (secondary N) is 1. The van der Waals surface area contributed by atoms with Crippen molar-refractivity contribution in [3.8, 4) is 10.4 Å². The predicted octanol–water partition coefficient (Wildman–Crippen LogP) is 5.26. The maximum absolute atomic E-state index is 12.7. The van der Waals surface area contributed by atoms with Crippen LogP contribution >= 0.6 is 23.1 Å². The van der Waals surface area contributed by atoms with Crippen molar-refractivity contribution in [2.75, 3.05) is 5.32 Å². The van der Waals surface area contributed by atoms with Crippen molar-refractivity contribution in [1.29, 1.82) is 0 Å². The van der Waals surface area contributed by atoms with Crippen LogP contribution in [-0.2, 0) is 4.79 Å². The molecule has 6 nitrogen and oxygen atoms in total. The molecule has 3 heterocycles. The SMILES string of the molecule is CC(C)n1nccc1NC(=O)[C@@H](C)Sc1ncnc2sc(-c3ccccc3)cc12. The Kier molecular flexibility index (Phi) is 5.64. The highest BCUT2D eigenvalue weighted by atomic mass is 32.2. The first-order chi connectivity index (χ1) is 14.0. The Morgan fingerprint density at radius 3 is 2.69 bits per heavy atom. The minimum absolute atomic E-state index is 0.0809. The summed E-state index contributed by atoms with van der Waals surface area (Å²) < 4.78 is 1.79. The Labute approximate surface area is 177 Å². The summed E-state index contributed by atoms with van der Waals surface area (Å²) in [6.45, 7) is 5.94. The number of benzene rings is 1. The van der Waals surface area contributed by atoms with Gasteiger partial charge in [0.2, 0.25) is 5.91 Å². The Bertz CT molecular complexity index is 1140.